The van der Waals surface area contributed by atoms with Crippen molar-refractivity contribution in [1.29, 1.82) is 0 Å². The standard InChI is InChI=1S/C50H91NO5/c1-4-7-10-13-16-19-21-23-24-26-28-31-34-37-40-43-50(55)56-46(41-38-35-32-30-27-25-22-20-17-14-11-8-5-2)44-49(54)51-47(45-52)48(53)42-39-36-33-29-18-15-12-9-6-3/h8,11,14,17,20,22,25,27,46-48,52-53H,4-7,9-10,12-13,15-16,18-19,21,23-24,26,28-45H2,1-3H3,(H,51,54)/b11-8+,17-14+,22-20+,27-25-. The highest BCUT2D eigenvalue weighted by Gasteiger charge is 2.24. The average molecular weight is 786 g/mol. The van der Waals surface area contributed by atoms with Crippen molar-refractivity contribution in [1.82, 2.24) is 5.32 Å². The number of carbonyl (C=O) groups excluding carboxylic acids is 2. The lowest BCUT2D eigenvalue weighted by Gasteiger charge is -2.24. The molecule has 0 aliphatic rings. The van der Waals surface area contributed by atoms with Gasteiger partial charge in [-0.05, 0) is 44.9 Å². The van der Waals surface area contributed by atoms with E-state index in [-0.39, 0.29) is 24.9 Å². The molecule has 326 valence electrons. The van der Waals surface area contributed by atoms with Gasteiger partial charge in [0.2, 0.25) is 5.91 Å². The van der Waals surface area contributed by atoms with Gasteiger partial charge in [0.15, 0.2) is 0 Å². The molecular weight excluding hydrogens is 695 g/mol. The summed E-state index contributed by atoms with van der Waals surface area (Å²) >= 11 is 0. The van der Waals surface area contributed by atoms with Gasteiger partial charge in [-0.2, -0.15) is 0 Å². The second kappa shape index (κ2) is 43.9. The molecule has 0 aromatic heterocycles. The molecule has 6 heteroatoms. The number of unbranched alkanes of at least 4 members (excludes halogenated alkanes) is 25. The van der Waals surface area contributed by atoms with Crippen molar-refractivity contribution >= 4 is 11.9 Å². The third-order valence-electron chi connectivity index (χ3n) is 10.8. The molecule has 1 amide bonds. The van der Waals surface area contributed by atoms with E-state index < -0.39 is 18.2 Å². The minimum absolute atomic E-state index is 0.0531. The smallest absolute Gasteiger partial charge is 0.306 e. The zero-order valence-corrected chi connectivity index (χ0v) is 37.0. The summed E-state index contributed by atoms with van der Waals surface area (Å²) in [6.45, 7) is 6.31. The second-order valence-corrected chi connectivity index (χ2v) is 16.2. The maximum absolute atomic E-state index is 13.1. The number of ether oxygens (including phenoxy) is 1. The van der Waals surface area contributed by atoms with Crippen LogP contribution in [-0.4, -0.2) is 46.9 Å². The Morgan fingerprint density at radius 1 is 0.536 bits per heavy atom. The van der Waals surface area contributed by atoms with Gasteiger partial charge in [-0.15, -0.1) is 0 Å². The van der Waals surface area contributed by atoms with Crippen LogP contribution in [0.25, 0.3) is 0 Å². The van der Waals surface area contributed by atoms with Crippen molar-refractivity contribution in [2.45, 2.75) is 251 Å². The van der Waals surface area contributed by atoms with Gasteiger partial charge in [0.1, 0.15) is 6.10 Å². The molecule has 0 spiro atoms. The van der Waals surface area contributed by atoms with E-state index in [0.717, 1.165) is 70.6 Å². The van der Waals surface area contributed by atoms with Gasteiger partial charge in [0.25, 0.3) is 0 Å². The first-order valence-corrected chi connectivity index (χ1v) is 23.9. The minimum atomic E-state index is -0.795. The quantitative estimate of drug-likeness (QED) is 0.0325. The molecule has 0 bridgehead atoms. The number of allylic oxidation sites excluding steroid dienone is 8. The Bertz CT molecular complexity index is 972. The van der Waals surface area contributed by atoms with Crippen LogP contribution >= 0.6 is 0 Å². The average Bonchev–Trinajstić information content (AvgIpc) is 3.19. The fourth-order valence-corrected chi connectivity index (χ4v) is 7.15. The third kappa shape index (κ3) is 38.7. The van der Waals surface area contributed by atoms with Gasteiger partial charge in [0, 0.05) is 6.42 Å². The third-order valence-corrected chi connectivity index (χ3v) is 10.8. The first-order valence-electron chi connectivity index (χ1n) is 23.9. The molecular formula is C50H91NO5. The predicted octanol–water partition coefficient (Wildman–Crippen LogP) is 13.9. The van der Waals surface area contributed by atoms with Crippen LogP contribution in [0.15, 0.2) is 48.6 Å². The molecule has 0 fully saturated rings. The fourth-order valence-electron chi connectivity index (χ4n) is 7.15. The lowest BCUT2D eigenvalue weighted by Crippen LogP contribution is -2.46. The minimum Gasteiger partial charge on any atom is -0.462 e. The predicted molar refractivity (Wildman–Crippen MR) is 241 cm³/mol. The lowest BCUT2D eigenvalue weighted by molar-refractivity contribution is -0.151. The van der Waals surface area contributed by atoms with E-state index in [1.54, 1.807) is 0 Å². The van der Waals surface area contributed by atoms with Crippen LogP contribution in [0.5, 0.6) is 0 Å². The van der Waals surface area contributed by atoms with Gasteiger partial charge in [-0.3, -0.25) is 9.59 Å². The van der Waals surface area contributed by atoms with Crippen LogP contribution in [0.1, 0.15) is 233 Å². The SMILES string of the molecule is CC/C=C/C=C/C=C/C=C\CCCCCC(CC(=O)NC(CO)C(O)CCCCCCCCCCC)OC(=O)CCCCCCCCCCCCCCCCC. The number of carbonyl (C=O) groups is 2. The molecule has 0 heterocycles. The van der Waals surface area contributed by atoms with Gasteiger partial charge >= 0.3 is 5.97 Å². The Morgan fingerprint density at radius 2 is 0.964 bits per heavy atom. The molecule has 0 rings (SSSR count). The number of hydrogen-bond acceptors (Lipinski definition) is 5. The molecule has 6 nitrogen and oxygen atoms in total. The normalized spacial score (nSPS) is 13.7. The molecule has 0 radical (unpaired) electrons. The summed E-state index contributed by atoms with van der Waals surface area (Å²) < 4.78 is 5.90. The lowest BCUT2D eigenvalue weighted by atomic mass is 10.0. The van der Waals surface area contributed by atoms with Crippen LogP contribution in [0.4, 0.5) is 0 Å². The van der Waals surface area contributed by atoms with E-state index in [1.807, 2.05) is 24.3 Å². The Balaban J connectivity index is 4.62. The fraction of sp³-hybridized carbons (Fsp3) is 0.800. The first kappa shape index (κ1) is 53.8. The van der Waals surface area contributed by atoms with Crippen LogP contribution in [-0.2, 0) is 14.3 Å². The van der Waals surface area contributed by atoms with Crippen molar-refractivity contribution in [3.05, 3.63) is 48.6 Å². The molecule has 0 saturated carbocycles. The largest absolute Gasteiger partial charge is 0.462 e. The van der Waals surface area contributed by atoms with Crippen molar-refractivity contribution in [2.24, 2.45) is 0 Å². The summed E-state index contributed by atoms with van der Waals surface area (Å²) in [5.41, 5.74) is 0. The number of rotatable bonds is 42. The molecule has 0 saturated heterocycles. The molecule has 3 N–H and O–H groups in total. The van der Waals surface area contributed by atoms with Crippen molar-refractivity contribution in [3.63, 3.8) is 0 Å². The second-order valence-electron chi connectivity index (χ2n) is 16.2. The molecule has 3 atom stereocenters. The van der Waals surface area contributed by atoms with Crippen LogP contribution in [0, 0.1) is 0 Å². The highest BCUT2D eigenvalue weighted by molar-refractivity contribution is 5.77. The summed E-state index contributed by atoms with van der Waals surface area (Å²) in [6.07, 6.45) is 51.7. The van der Waals surface area contributed by atoms with E-state index in [1.165, 1.54) is 116 Å². The molecule has 0 aromatic carbocycles. The number of hydrogen-bond donors (Lipinski definition) is 3. The van der Waals surface area contributed by atoms with Crippen molar-refractivity contribution in [3.8, 4) is 0 Å². The summed E-state index contributed by atoms with van der Waals surface area (Å²) in [4.78, 5) is 26.0. The number of aliphatic hydroxyl groups excluding tert-OH is 2. The zero-order valence-electron chi connectivity index (χ0n) is 37.0. The van der Waals surface area contributed by atoms with E-state index in [9.17, 15) is 19.8 Å². The summed E-state index contributed by atoms with van der Waals surface area (Å²) in [5.74, 6) is -0.510. The molecule has 3 unspecified atom stereocenters. The van der Waals surface area contributed by atoms with E-state index in [4.69, 9.17) is 4.74 Å². The number of esters is 1. The maximum Gasteiger partial charge on any atom is 0.306 e. The number of nitrogens with one attached hydrogen (secondary N) is 1. The Labute approximate surface area is 346 Å². The Kier molecular flexibility index (Phi) is 42.2. The van der Waals surface area contributed by atoms with Crippen molar-refractivity contribution < 1.29 is 24.5 Å². The Hall–Kier alpha value is -2.18. The summed E-state index contributed by atoms with van der Waals surface area (Å²) in [6, 6.07) is -0.711. The summed E-state index contributed by atoms with van der Waals surface area (Å²) in [7, 11) is 0. The Morgan fingerprint density at radius 3 is 1.46 bits per heavy atom. The van der Waals surface area contributed by atoms with Gasteiger partial charge < -0.3 is 20.3 Å². The van der Waals surface area contributed by atoms with Gasteiger partial charge in [0.05, 0.1) is 25.2 Å². The monoisotopic (exact) mass is 786 g/mol. The number of amides is 1. The van der Waals surface area contributed by atoms with Gasteiger partial charge in [-0.25, -0.2) is 0 Å². The van der Waals surface area contributed by atoms with Gasteiger partial charge in [-0.1, -0.05) is 223 Å². The molecule has 56 heavy (non-hydrogen) atoms. The van der Waals surface area contributed by atoms with E-state index >= 15 is 0 Å². The van der Waals surface area contributed by atoms with Crippen molar-refractivity contribution in [2.75, 3.05) is 6.61 Å². The summed E-state index contributed by atoms with van der Waals surface area (Å²) in [5, 5.41) is 23.6. The molecule has 0 aliphatic heterocycles. The maximum atomic E-state index is 13.1. The van der Waals surface area contributed by atoms with Crippen LogP contribution in [0.2, 0.25) is 0 Å². The topological polar surface area (TPSA) is 95.9 Å². The van der Waals surface area contributed by atoms with E-state index in [0.29, 0.717) is 19.3 Å². The van der Waals surface area contributed by atoms with Crippen LogP contribution < -0.4 is 5.32 Å². The van der Waals surface area contributed by atoms with Crippen LogP contribution in [0.3, 0.4) is 0 Å². The first-order chi connectivity index (χ1) is 27.5. The highest BCUT2D eigenvalue weighted by atomic mass is 16.5. The molecule has 0 aromatic rings. The van der Waals surface area contributed by atoms with E-state index in [2.05, 4.69) is 50.4 Å². The molecule has 0 aliphatic carbocycles. The highest BCUT2D eigenvalue weighted by Crippen LogP contribution is 2.17. The number of aliphatic hydroxyl groups is 2. The zero-order chi connectivity index (χ0) is 41.0.